The van der Waals surface area contributed by atoms with Crippen LogP contribution in [0.15, 0.2) is 48.8 Å². The van der Waals surface area contributed by atoms with E-state index in [4.69, 9.17) is 5.73 Å². The van der Waals surface area contributed by atoms with Crippen molar-refractivity contribution in [3.05, 3.63) is 65.5 Å². The largest absolute Gasteiger partial charge is 0.329 e. The molecule has 1 heterocycles. The lowest BCUT2D eigenvalue weighted by Crippen LogP contribution is -2.30. The van der Waals surface area contributed by atoms with E-state index < -0.39 is 0 Å². The fourth-order valence-corrected chi connectivity index (χ4v) is 2.25. The first kappa shape index (κ1) is 13.7. The summed E-state index contributed by atoms with van der Waals surface area (Å²) in [5, 5.41) is 0. The highest BCUT2D eigenvalue weighted by molar-refractivity contribution is 5.22. The van der Waals surface area contributed by atoms with Crippen LogP contribution in [0.4, 0.5) is 0 Å². The zero-order valence-corrected chi connectivity index (χ0v) is 11.6. The molecule has 3 heteroatoms. The molecule has 0 aliphatic heterocycles. The van der Waals surface area contributed by atoms with Crippen LogP contribution in [0.2, 0.25) is 0 Å². The average molecular weight is 255 g/mol. The van der Waals surface area contributed by atoms with Gasteiger partial charge in [0.05, 0.1) is 0 Å². The summed E-state index contributed by atoms with van der Waals surface area (Å²) in [6, 6.07) is 12.9. The highest BCUT2D eigenvalue weighted by Gasteiger charge is 2.15. The third kappa shape index (κ3) is 3.63. The van der Waals surface area contributed by atoms with Crippen molar-refractivity contribution >= 4 is 0 Å². The van der Waals surface area contributed by atoms with E-state index in [1.165, 1.54) is 16.7 Å². The Morgan fingerprint density at radius 1 is 1.11 bits per heavy atom. The molecule has 3 nitrogen and oxygen atoms in total. The summed E-state index contributed by atoms with van der Waals surface area (Å²) >= 11 is 0. The highest BCUT2D eigenvalue weighted by Crippen LogP contribution is 2.19. The Morgan fingerprint density at radius 2 is 1.74 bits per heavy atom. The van der Waals surface area contributed by atoms with Gasteiger partial charge in [-0.15, -0.1) is 0 Å². The Morgan fingerprint density at radius 3 is 2.32 bits per heavy atom. The van der Waals surface area contributed by atoms with E-state index in [1.54, 1.807) is 0 Å². The van der Waals surface area contributed by atoms with Gasteiger partial charge < -0.3 is 5.73 Å². The first-order valence-corrected chi connectivity index (χ1v) is 6.56. The van der Waals surface area contributed by atoms with E-state index in [-0.39, 0.29) is 6.04 Å². The topological polar surface area (TPSA) is 42.1 Å². The predicted octanol–water partition coefficient (Wildman–Crippen LogP) is 2.52. The van der Waals surface area contributed by atoms with Gasteiger partial charge in [-0.05, 0) is 37.2 Å². The van der Waals surface area contributed by atoms with Crippen LogP contribution in [0, 0.1) is 6.92 Å². The molecule has 0 amide bonds. The van der Waals surface area contributed by atoms with Gasteiger partial charge in [0.15, 0.2) is 0 Å². The molecule has 19 heavy (non-hydrogen) atoms. The number of benzene rings is 1. The van der Waals surface area contributed by atoms with Crippen molar-refractivity contribution in [1.82, 2.24) is 9.88 Å². The second-order valence-electron chi connectivity index (χ2n) is 4.93. The van der Waals surface area contributed by atoms with Gasteiger partial charge in [-0.3, -0.25) is 9.88 Å². The van der Waals surface area contributed by atoms with Crippen molar-refractivity contribution in [2.24, 2.45) is 5.73 Å². The van der Waals surface area contributed by atoms with Crippen LogP contribution in [0.3, 0.4) is 0 Å². The van der Waals surface area contributed by atoms with Crippen LogP contribution in [0.5, 0.6) is 0 Å². The van der Waals surface area contributed by atoms with Gasteiger partial charge >= 0.3 is 0 Å². The molecular formula is C16H21N3. The number of aromatic nitrogens is 1. The minimum atomic E-state index is 0.226. The molecule has 2 N–H and O–H groups in total. The minimum Gasteiger partial charge on any atom is -0.329 e. The van der Waals surface area contributed by atoms with Crippen molar-refractivity contribution in [3.63, 3.8) is 0 Å². The van der Waals surface area contributed by atoms with Crippen molar-refractivity contribution < 1.29 is 0 Å². The van der Waals surface area contributed by atoms with Crippen LogP contribution >= 0.6 is 0 Å². The van der Waals surface area contributed by atoms with Gasteiger partial charge in [0, 0.05) is 31.5 Å². The zero-order valence-electron chi connectivity index (χ0n) is 11.6. The molecule has 2 rings (SSSR count). The highest BCUT2D eigenvalue weighted by atomic mass is 15.1. The monoisotopic (exact) mass is 255 g/mol. The Hall–Kier alpha value is -1.71. The van der Waals surface area contributed by atoms with E-state index >= 15 is 0 Å². The quantitative estimate of drug-likeness (QED) is 0.892. The van der Waals surface area contributed by atoms with E-state index in [2.05, 4.69) is 48.1 Å². The predicted molar refractivity (Wildman–Crippen MR) is 78.7 cm³/mol. The van der Waals surface area contributed by atoms with Crippen molar-refractivity contribution in [2.45, 2.75) is 19.5 Å². The normalized spacial score (nSPS) is 12.6. The second-order valence-corrected chi connectivity index (χ2v) is 4.93. The molecule has 100 valence electrons. The molecule has 1 aromatic heterocycles. The molecule has 0 saturated heterocycles. The molecule has 0 spiro atoms. The SMILES string of the molecule is Cc1ccc(CN(C)C(CN)c2ccncc2)cc1. The van der Waals surface area contributed by atoms with Gasteiger partial charge in [-0.2, -0.15) is 0 Å². The third-order valence-corrected chi connectivity index (χ3v) is 3.40. The summed E-state index contributed by atoms with van der Waals surface area (Å²) in [7, 11) is 2.11. The maximum absolute atomic E-state index is 5.92. The zero-order chi connectivity index (χ0) is 13.7. The Labute approximate surface area is 115 Å². The number of hydrogen-bond acceptors (Lipinski definition) is 3. The Bertz CT molecular complexity index is 493. The van der Waals surface area contributed by atoms with Crippen molar-refractivity contribution in [1.29, 1.82) is 0 Å². The van der Waals surface area contributed by atoms with Crippen molar-refractivity contribution in [3.8, 4) is 0 Å². The van der Waals surface area contributed by atoms with Gasteiger partial charge in [-0.25, -0.2) is 0 Å². The third-order valence-electron chi connectivity index (χ3n) is 3.40. The summed E-state index contributed by atoms with van der Waals surface area (Å²) < 4.78 is 0. The van der Waals surface area contributed by atoms with Crippen molar-refractivity contribution in [2.75, 3.05) is 13.6 Å². The first-order chi connectivity index (χ1) is 9.20. The number of hydrogen-bond donors (Lipinski definition) is 1. The molecule has 2 aromatic rings. The number of rotatable bonds is 5. The smallest absolute Gasteiger partial charge is 0.0472 e. The molecule has 1 aromatic carbocycles. The Kier molecular flexibility index (Phi) is 4.66. The number of nitrogens with two attached hydrogens (primary N) is 1. The van der Waals surface area contributed by atoms with Gasteiger partial charge in [-0.1, -0.05) is 29.8 Å². The second kappa shape index (κ2) is 6.45. The molecule has 0 aliphatic carbocycles. The molecule has 0 saturated carbocycles. The van der Waals surface area contributed by atoms with Gasteiger partial charge in [0.1, 0.15) is 0 Å². The van der Waals surface area contributed by atoms with Crippen LogP contribution in [-0.4, -0.2) is 23.5 Å². The first-order valence-electron chi connectivity index (χ1n) is 6.56. The van der Waals surface area contributed by atoms with E-state index in [9.17, 15) is 0 Å². The molecule has 0 bridgehead atoms. The summed E-state index contributed by atoms with van der Waals surface area (Å²) in [6.07, 6.45) is 3.63. The lowest BCUT2D eigenvalue weighted by atomic mass is 10.1. The number of nitrogens with zero attached hydrogens (tertiary/aromatic N) is 2. The molecule has 1 atom stereocenters. The van der Waals surface area contributed by atoms with Crippen LogP contribution < -0.4 is 5.73 Å². The average Bonchev–Trinajstić information content (AvgIpc) is 2.43. The molecule has 1 unspecified atom stereocenters. The van der Waals surface area contributed by atoms with Gasteiger partial charge in [0.25, 0.3) is 0 Å². The lowest BCUT2D eigenvalue weighted by molar-refractivity contribution is 0.241. The van der Waals surface area contributed by atoms with E-state index in [1.807, 2.05) is 24.5 Å². The number of pyridine rings is 1. The molecule has 0 radical (unpaired) electrons. The fourth-order valence-electron chi connectivity index (χ4n) is 2.25. The van der Waals surface area contributed by atoms with Crippen LogP contribution in [0.25, 0.3) is 0 Å². The van der Waals surface area contributed by atoms with E-state index in [0.717, 1.165) is 6.54 Å². The molecule has 0 aliphatic rings. The summed E-state index contributed by atoms with van der Waals surface area (Å²) in [4.78, 5) is 6.33. The number of aryl methyl sites for hydroxylation is 1. The minimum absolute atomic E-state index is 0.226. The molecular weight excluding hydrogens is 234 g/mol. The lowest BCUT2D eigenvalue weighted by Gasteiger charge is -2.27. The van der Waals surface area contributed by atoms with E-state index in [0.29, 0.717) is 6.54 Å². The standard InChI is InChI=1S/C16H21N3/c1-13-3-5-14(6-4-13)12-19(2)16(11-17)15-7-9-18-10-8-15/h3-10,16H,11-12,17H2,1-2H3. The maximum Gasteiger partial charge on any atom is 0.0472 e. The Balaban J connectivity index is 2.09. The summed E-state index contributed by atoms with van der Waals surface area (Å²) in [6.45, 7) is 3.60. The van der Waals surface area contributed by atoms with Crippen LogP contribution in [-0.2, 0) is 6.54 Å². The summed E-state index contributed by atoms with van der Waals surface area (Å²) in [5.74, 6) is 0. The number of likely N-dealkylation sites (N-methyl/N-ethyl adjacent to an activating group) is 1. The maximum atomic E-state index is 5.92. The van der Waals surface area contributed by atoms with Crippen LogP contribution in [0.1, 0.15) is 22.7 Å². The van der Waals surface area contributed by atoms with Gasteiger partial charge in [0.2, 0.25) is 0 Å². The summed E-state index contributed by atoms with van der Waals surface area (Å²) in [5.41, 5.74) is 9.73. The fraction of sp³-hybridized carbons (Fsp3) is 0.312. The molecule has 0 fully saturated rings.